The molecule has 0 aliphatic carbocycles. The molecule has 0 aromatic carbocycles. The first-order valence-corrected chi connectivity index (χ1v) is 8.49. The Labute approximate surface area is 165 Å². The summed E-state index contributed by atoms with van der Waals surface area (Å²) in [6.07, 6.45) is 5.58. The van der Waals surface area contributed by atoms with Gasteiger partial charge in [-0.3, -0.25) is 0 Å². The van der Waals surface area contributed by atoms with Crippen molar-refractivity contribution in [3.05, 3.63) is 30.2 Å². The summed E-state index contributed by atoms with van der Waals surface area (Å²) < 4.78 is 7.29. The van der Waals surface area contributed by atoms with E-state index in [4.69, 9.17) is 4.52 Å². The topological polar surface area (TPSA) is 93.2 Å². The zero-order valence-electron chi connectivity index (χ0n) is 15.1. The Morgan fingerprint density at radius 1 is 1.24 bits per heavy atom. The van der Waals surface area contributed by atoms with E-state index in [1.807, 2.05) is 10.6 Å². The van der Waals surface area contributed by atoms with Crippen LogP contribution in [0.25, 0.3) is 0 Å². The molecular weight excluding hydrogens is 433 g/mol. The van der Waals surface area contributed by atoms with Gasteiger partial charge in [-0.15, -0.1) is 34.2 Å². The number of nitrogens with zero attached hydrogens (tertiary/aromatic N) is 5. The summed E-state index contributed by atoms with van der Waals surface area (Å²) >= 11 is 0. The highest BCUT2D eigenvalue weighted by Gasteiger charge is 2.07. The molecule has 0 fully saturated rings. The van der Waals surface area contributed by atoms with Gasteiger partial charge in [0.25, 0.3) is 0 Å². The molecule has 140 valence electrons. The predicted molar refractivity (Wildman–Crippen MR) is 108 cm³/mol. The highest BCUT2D eigenvalue weighted by Crippen LogP contribution is 2.14. The van der Waals surface area contributed by atoms with Crippen LogP contribution in [0.5, 0.6) is 0 Å². The van der Waals surface area contributed by atoms with E-state index >= 15 is 0 Å². The third-order valence-electron chi connectivity index (χ3n) is 3.51. The molecule has 0 radical (unpaired) electrons. The van der Waals surface area contributed by atoms with Crippen LogP contribution >= 0.6 is 24.0 Å². The number of aryl methyl sites for hydroxylation is 1. The van der Waals surface area contributed by atoms with Crippen molar-refractivity contribution in [2.45, 2.75) is 52.6 Å². The van der Waals surface area contributed by atoms with Crippen molar-refractivity contribution in [2.75, 3.05) is 13.1 Å². The normalized spacial score (nSPS) is 11.4. The van der Waals surface area contributed by atoms with Crippen molar-refractivity contribution in [1.82, 2.24) is 30.6 Å². The van der Waals surface area contributed by atoms with Gasteiger partial charge >= 0.3 is 0 Å². The van der Waals surface area contributed by atoms with Crippen LogP contribution in [-0.2, 0) is 13.1 Å². The third kappa shape index (κ3) is 7.84. The van der Waals surface area contributed by atoms with Crippen LogP contribution in [0.15, 0.2) is 28.2 Å². The van der Waals surface area contributed by atoms with Gasteiger partial charge in [0.05, 0.1) is 5.69 Å². The fraction of sp³-hybridized carbons (Fsp3) is 0.625. The number of hydrogen-bond donors (Lipinski definition) is 2. The fourth-order valence-corrected chi connectivity index (χ4v) is 2.14. The van der Waals surface area contributed by atoms with E-state index < -0.39 is 0 Å². The highest BCUT2D eigenvalue weighted by atomic mass is 127. The van der Waals surface area contributed by atoms with E-state index in [2.05, 4.69) is 51.8 Å². The minimum atomic E-state index is 0. The Morgan fingerprint density at radius 3 is 2.64 bits per heavy atom. The van der Waals surface area contributed by atoms with Crippen molar-refractivity contribution < 1.29 is 4.52 Å². The standard InChI is InChI=1S/C16H27N7O.HI/c1-4-17-16(18-7-5-6-8-23-11-20-21-12-23)19-10-14-9-15(13(2)3)22-24-14;/h9,11-13H,4-8,10H2,1-3H3,(H2,17,18,19);1H. The average molecular weight is 461 g/mol. The maximum Gasteiger partial charge on any atom is 0.191 e. The maximum absolute atomic E-state index is 5.31. The minimum absolute atomic E-state index is 0. The maximum atomic E-state index is 5.31. The zero-order chi connectivity index (χ0) is 17.2. The molecular formula is C16H28IN7O. The van der Waals surface area contributed by atoms with Gasteiger partial charge in [0.15, 0.2) is 11.7 Å². The molecule has 0 atom stereocenters. The second kappa shape index (κ2) is 11.8. The molecule has 9 heteroatoms. The van der Waals surface area contributed by atoms with Gasteiger partial charge in [0, 0.05) is 25.7 Å². The Morgan fingerprint density at radius 2 is 2.00 bits per heavy atom. The van der Waals surface area contributed by atoms with Gasteiger partial charge in [0.1, 0.15) is 19.2 Å². The molecule has 0 spiro atoms. The second-order valence-corrected chi connectivity index (χ2v) is 5.90. The van der Waals surface area contributed by atoms with Crippen molar-refractivity contribution in [1.29, 1.82) is 0 Å². The molecule has 2 aromatic heterocycles. The quantitative estimate of drug-likeness (QED) is 0.258. The molecule has 0 aliphatic rings. The molecule has 2 heterocycles. The van der Waals surface area contributed by atoms with Crippen molar-refractivity contribution in [3.8, 4) is 0 Å². The molecule has 2 rings (SSSR count). The van der Waals surface area contributed by atoms with Gasteiger partial charge in [-0.2, -0.15) is 0 Å². The predicted octanol–water partition coefficient (Wildman–Crippen LogP) is 2.54. The average Bonchev–Trinajstić information content (AvgIpc) is 3.23. The lowest BCUT2D eigenvalue weighted by Crippen LogP contribution is -2.37. The number of guanidine groups is 1. The number of aliphatic imine (C=N–C) groups is 1. The molecule has 25 heavy (non-hydrogen) atoms. The lowest BCUT2D eigenvalue weighted by molar-refractivity contribution is 0.376. The number of unbranched alkanes of at least 4 members (excludes halogenated alkanes) is 1. The highest BCUT2D eigenvalue weighted by molar-refractivity contribution is 14.0. The van der Waals surface area contributed by atoms with Crippen LogP contribution in [0.4, 0.5) is 0 Å². The summed E-state index contributed by atoms with van der Waals surface area (Å²) in [5.74, 6) is 1.94. The molecule has 0 aliphatic heterocycles. The molecule has 8 nitrogen and oxygen atoms in total. The smallest absolute Gasteiger partial charge is 0.191 e. The fourth-order valence-electron chi connectivity index (χ4n) is 2.14. The molecule has 2 N–H and O–H groups in total. The Kier molecular flexibility index (Phi) is 10.1. The molecule has 0 bridgehead atoms. The second-order valence-electron chi connectivity index (χ2n) is 5.90. The van der Waals surface area contributed by atoms with Gasteiger partial charge in [-0.1, -0.05) is 19.0 Å². The molecule has 2 aromatic rings. The lowest BCUT2D eigenvalue weighted by atomic mass is 10.1. The minimum Gasteiger partial charge on any atom is -0.359 e. The van der Waals surface area contributed by atoms with Crippen LogP contribution in [0.2, 0.25) is 0 Å². The van der Waals surface area contributed by atoms with E-state index in [9.17, 15) is 0 Å². The van der Waals surface area contributed by atoms with E-state index in [0.29, 0.717) is 12.5 Å². The van der Waals surface area contributed by atoms with Gasteiger partial charge in [-0.25, -0.2) is 4.99 Å². The first-order chi connectivity index (χ1) is 11.7. The molecule has 0 amide bonds. The van der Waals surface area contributed by atoms with E-state index in [1.165, 1.54) is 0 Å². The summed E-state index contributed by atoms with van der Waals surface area (Å²) in [6.45, 7) is 9.33. The van der Waals surface area contributed by atoms with Crippen molar-refractivity contribution in [2.24, 2.45) is 4.99 Å². The lowest BCUT2D eigenvalue weighted by Gasteiger charge is -2.10. The van der Waals surface area contributed by atoms with Crippen LogP contribution in [0.1, 0.15) is 51.0 Å². The number of aromatic nitrogens is 4. The summed E-state index contributed by atoms with van der Waals surface area (Å²) in [6, 6.07) is 1.97. The summed E-state index contributed by atoms with van der Waals surface area (Å²) in [4.78, 5) is 4.54. The van der Waals surface area contributed by atoms with Gasteiger partial charge in [0.2, 0.25) is 0 Å². The van der Waals surface area contributed by atoms with Crippen LogP contribution < -0.4 is 10.6 Å². The monoisotopic (exact) mass is 461 g/mol. The Balaban J connectivity index is 0.00000312. The first-order valence-electron chi connectivity index (χ1n) is 8.49. The van der Waals surface area contributed by atoms with Gasteiger partial charge < -0.3 is 19.7 Å². The number of rotatable bonds is 9. The van der Waals surface area contributed by atoms with Crippen LogP contribution in [0, 0.1) is 0 Å². The van der Waals surface area contributed by atoms with Gasteiger partial charge in [-0.05, 0) is 25.7 Å². The first kappa shape index (κ1) is 21.4. The Bertz CT molecular complexity index is 610. The summed E-state index contributed by atoms with van der Waals surface area (Å²) in [7, 11) is 0. The number of hydrogen-bond acceptors (Lipinski definition) is 5. The largest absolute Gasteiger partial charge is 0.359 e. The van der Waals surface area contributed by atoms with Crippen molar-refractivity contribution >= 4 is 29.9 Å². The summed E-state index contributed by atoms with van der Waals surface area (Å²) in [5.41, 5.74) is 0.965. The van der Waals surface area contributed by atoms with Crippen LogP contribution in [0.3, 0.4) is 0 Å². The molecule has 0 saturated heterocycles. The molecule has 0 unspecified atom stereocenters. The molecule has 0 saturated carbocycles. The van der Waals surface area contributed by atoms with Crippen LogP contribution in [-0.4, -0.2) is 39.0 Å². The Hall–Kier alpha value is -1.65. The van der Waals surface area contributed by atoms with E-state index in [0.717, 1.165) is 49.9 Å². The van der Waals surface area contributed by atoms with E-state index in [-0.39, 0.29) is 24.0 Å². The number of nitrogens with one attached hydrogen (secondary N) is 2. The van der Waals surface area contributed by atoms with E-state index in [1.54, 1.807) is 12.7 Å². The van der Waals surface area contributed by atoms with Crippen molar-refractivity contribution in [3.63, 3.8) is 0 Å². The SMILES string of the molecule is CCNC(=NCc1cc(C(C)C)no1)NCCCCn1cnnc1.I. The zero-order valence-corrected chi connectivity index (χ0v) is 17.4. The third-order valence-corrected chi connectivity index (χ3v) is 3.51. The summed E-state index contributed by atoms with van der Waals surface area (Å²) in [5, 5.41) is 18.2. The number of halogens is 1.